The van der Waals surface area contributed by atoms with Crippen LogP contribution in [0.5, 0.6) is 11.8 Å². The van der Waals surface area contributed by atoms with E-state index in [4.69, 9.17) is 9.84 Å². The standard InChI is InChI=1S/C15H13N3O4/c19-13(6-2-7-14(20)21)18-11-4-1-5-12(10-11)22-15-16-8-3-9-17-15/h1-5,7-10H,6H2,(H,18,19)(H,20,21)/b7-2+. The molecule has 2 aromatic rings. The number of nitrogens with one attached hydrogen (secondary N) is 1. The molecule has 1 heterocycles. The quantitative estimate of drug-likeness (QED) is 0.793. The molecule has 0 bridgehead atoms. The Balaban J connectivity index is 1.96. The van der Waals surface area contributed by atoms with Crippen molar-refractivity contribution in [3.05, 3.63) is 54.9 Å². The van der Waals surface area contributed by atoms with Crippen LogP contribution in [0.4, 0.5) is 5.69 Å². The van der Waals surface area contributed by atoms with E-state index in [0.717, 1.165) is 6.08 Å². The molecule has 0 saturated heterocycles. The fourth-order valence-electron chi connectivity index (χ4n) is 1.56. The number of nitrogens with zero attached hydrogens (tertiary/aromatic N) is 2. The van der Waals surface area contributed by atoms with Crippen LogP contribution in [0.15, 0.2) is 54.9 Å². The SMILES string of the molecule is O=C(O)/C=C/CC(=O)Nc1cccc(Oc2ncccn2)c1. The summed E-state index contributed by atoms with van der Waals surface area (Å²) < 4.78 is 5.45. The maximum Gasteiger partial charge on any atom is 0.327 e. The summed E-state index contributed by atoms with van der Waals surface area (Å²) in [7, 11) is 0. The highest BCUT2D eigenvalue weighted by Crippen LogP contribution is 2.21. The molecule has 0 fully saturated rings. The molecule has 7 nitrogen and oxygen atoms in total. The number of rotatable bonds is 6. The predicted molar refractivity (Wildman–Crippen MR) is 78.6 cm³/mol. The van der Waals surface area contributed by atoms with Crippen molar-refractivity contribution in [1.82, 2.24) is 9.97 Å². The third kappa shape index (κ3) is 5.04. The predicted octanol–water partition coefficient (Wildman–Crippen LogP) is 2.24. The van der Waals surface area contributed by atoms with Gasteiger partial charge in [-0.1, -0.05) is 12.1 Å². The van der Waals surface area contributed by atoms with Gasteiger partial charge in [0.2, 0.25) is 5.91 Å². The zero-order valence-corrected chi connectivity index (χ0v) is 11.5. The zero-order valence-electron chi connectivity index (χ0n) is 11.5. The van der Waals surface area contributed by atoms with E-state index in [2.05, 4.69) is 15.3 Å². The van der Waals surface area contributed by atoms with Crippen molar-refractivity contribution in [3.8, 4) is 11.8 Å². The lowest BCUT2D eigenvalue weighted by Gasteiger charge is -2.07. The number of amides is 1. The molecule has 22 heavy (non-hydrogen) atoms. The second-order valence-corrected chi connectivity index (χ2v) is 4.15. The Bertz CT molecular complexity index is 686. The Morgan fingerprint density at radius 1 is 1.23 bits per heavy atom. The minimum absolute atomic E-state index is 0.0286. The molecular weight excluding hydrogens is 286 g/mol. The molecule has 2 N–H and O–H groups in total. The molecule has 0 saturated carbocycles. The van der Waals surface area contributed by atoms with Gasteiger partial charge < -0.3 is 15.2 Å². The maximum absolute atomic E-state index is 11.6. The first-order valence-electron chi connectivity index (χ1n) is 6.38. The van der Waals surface area contributed by atoms with Gasteiger partial charge in [-0.2, -0.15) is 0 Å². The van der Waals surface area contributed by atoms with Gasteiger partial charge in [0.05, 0.1) is 0 Å². The summed E-state index contributed by atoms with van der Waals surface area (Å²) in [5.74, 6) is -0.943. The molecule has 0 aliphatic rings. The molecule has 1 aromatic carbocycles. The van der Waals surface area contributed by atoms with Crippen molar-refractivity contribution in [1.29, 1.82) is 0 Å². The molecule has 2 rings (SSSR count). The Labute approximate surface area is 126 Å². The van der Waals surface area contributed by atoms with E-state index in [1.54, 1.807) is 42.7 Å². The number of carboxylic acid groups (broad SMARTS) is 1. The number of benzene rings is 1. The van der Waals surface area contributed by atoms with Crippen LogP contribution in [-0.2, 0) is 9.59 Å². The van der Waals surface area contributed by atoms with Gasteiger partial charge in [-0.15, -0.1) is 0 Å². The molecule has 1 aromatic heterocycles. The van der Waals surface area contributed by atoms with Crippen molar-refractivity contribution in [2.24, 2.45) is 0 Å². The van der Waals surface area contributed by atoms with E-state index in [0.29, 0.717) is 11.4 Å². The summed E-state index contributed by atoms with van der Waals surface area (Å²) in [5, 5.41) is 11.1. The fourth-order valence-corrected chi connectivity index (χ4v) is 1.56. The van der Waals surface area contributed by atoms with E-state index >= 15 is 0 Å². The number of hydrogen-bond donors (Lipinski definition) is 2. The number of carbonyl (C=O) groups is 2. The van der Waals surface area contributed by atoms with Gasteiger partial charge >= 0.3 is 12.0 Å². The van der Waals surface area contributed by atoms with Gasteiger partial charge in [0.15, 0.2) is 0 Å². The van der Waals surface area contributed by atoms with Crippen LogP contribution in [0.1, 0.15) is 6.42 Å². The van der Waals surface area contributed by atoms with E-state index in [1.807, 2.05) is 0 Å². The molecular formula is C15H13N3O4. The second-order valence-electron chi connectivity index (χ2n) is 4.15. The van der Waals surface area contributed by atoms with E-state index in [1.165, 1.54) is 6.08 Å². The highest BCUT2D eigenvalue weighted by Gasteiger charge is 2.03. The average Bonchev–Trinajstić information content (AvgIpc) is 2.48. The number of ether oxygens (including phenoxy) is 1. The van der Waals surface area contributed by atoms with Gasteiger partial charge in [0.1, 0.15) is 5.75 Å². The summed E-state index contributed by atoms with van der Waals surface area (Å²) in [6.45, 7) is 0. The molecule has 1 amide bonds. The lowest BCUT2D eigenvalue weighted by molar-refractivity contribution is -0.131. The zero-order chi connectivity index (χ0) is 15.8. The normalized spacial score (nSPS) is 10.4. The first kappa shape index (κ1) is 15.2. The highest BCUT2D eigenvalue weighted by atomic mass is 16.5. The van der Waals surface area contributed by atoms with Crippen molar-refractivity contribution in [3.63, 3.8) is 0 Å². The van der Waals surface area contributed by atoms with Crippen LogP contribution in [0.25, 0.3) is 0 Å². The van der Waals surface area contributed by atoms with Crippen LogP contribution in [0.3, 0.4) is 0 Å². The van der Waals surface area contributed by atoms with Gasteiger partial charge in [-0.3, -0.25) is 4.79 Å². The Morgan fingerprint density at radius 2 is 2.00 bits per heavy atom. The van der Waals surface area contributed by atoms with Gasteiger partial charge in [0.25, 0.3) is 0 Å². The largest absolute Gasteiger partial charge is 0.478 e. The minimum atomic E-state index is -1.09. The average molecular weight is 299 g/mol. The summed E-state index contributed by atoms with van der Waals surface area (Å²) in [5.41, 5.74) is 0.530. The Morgan fingerprint density at radius 3 is 2.73 bits per heavy atom. The molecule has 0 atom stereocenters. The number of aromatic nitrogens is 2. The molecule has 0 radical (unpaired) electrons. The van der Waals surface area contributed by atoms with Crippen LogP contribution in [0.2, 0.25) is 0 Å². The monoisotopic (exact) mass is 299 g/mol. The summed E-state index contributed by atoms with van der Waals surface area (Å²) >= 11 is 0. The molecule has 0 unspecified atom stereocenters. The van der Waals surface area contributed by atoms with Crippen LogP contribution in [0, 0.1) is 0 Å². The number of carbonyl (C=O) groups excluding carboxylic acids is 1. The summed E-state index contributed by atoms with van der Waals surface area (Å²) in [6, 6.07) is 8.60. The molecule has 112 valence electrons. The van der Waals surface area contributed by atoms with Gasteiger partial charge in [-0.05, 0) is 18.2 Å². The van der Waals surface area contributed by atoms with E-state index in [-0.39, 0.29) is 18.3 Å². The van der Waals surface area contributed by atoms with Crippen molar-refractivity contribution >= 4 is 17.6 Å². The summed E-state index contributed by atoms with van der Waals surface area (Å²) in [4.78, 5) is 29.8. The first-order valence-corrected chi connectivity index (χ1v) is 6.38. The van der Waals surface area contributed by atoms with E-state index < -0.39 is 5.97 Å². The van der Waals surface area contributed by atoms with Crippen molar-refractivity contribution < 1.29 is 19.4 Å². The summed E-state index contributed by atoms with van der Waals surface area (Å²) in [6.07, 6.45) is 5.28. The first-order chi connectivity index (χ1) is 10.6. The molecule has 0 aliphatic carbocycles. The van der Waals surface area contributed by atoms with Crippen LogP contribution < -0.4 is 10.1 Å². The third-order valence-electron chi connectivity index (χ3n) is 2.43. The second kappa shape index (κ2) is 7.53. The van der Waals surface area contributed by atoms with Crippen molar-refractivity contribution in [2.75, 3.05) is 5.32 Å². The Kier molecular flexibility index (Phi) is 5.20. The number of aliphatic carboxylic acids is 1. The molecule has 0 spiro atoms. The minimum Gasteiger partial charge on any atom is -0.478 e. The van der Waals surface area contributed by atoms with E-state index in [9.17, 15) is 9.59 Å². The number of carboxylic acids is 1. The number of anilines is 1. The smallest absolute Gasteiger partial charge is 0.327 e. The fraction of sp³-hybridized carbons (Fsp3) is 0.0667. The van der Waals surface area contributed by atoms with Gasteiger partial charge in [0, 0.05) is 36.6 Å². The van der Waals surface area contributed by atoms with Crippen LogP contribution >= 0.6 is 0 Å². The molecule has 0 aliphatic heterocycles. The third-order valence-corrected chi connectivity index (χ3v) is 2.43. The van der Waals surface area contributed by atoms with Gasteiger partial charge in [-0.25, -0.2) is 14.8 Å². The maximum atomic E-state index is 11.6. The number of hydrogen-bond acceptors (Lipinski definition) is 5. The lowest BCUT2D eigenvalue weighted by atomic mass is 10.3. The van der Waals surface area contributed by atoms with Crippen LogP contribution in [-0.4, -0.2) is 27.0 Å². The van der Waals surface area contributed by atoms with Crippen molar-refractivity contribution in [2.45, 2.75) is 6.42 Å². The topological polar surface area (TPSA) is 101 Å². The highest BCUT2D eigenvalue weighted by molar-refractivity contribution is 5.92. The molecule has 7 heteroatoms. The Hall–Kier alpha value is -3.22. The lowest BCUT2D eigenvalue weighted by Crippen LogP contribution is -2.10.